The van der Waals surface area contributed by atoms with Crippen LogP contribution in [0.4, 0.5) is 0 Å². The predicted molar refractivity (Wildman–Crippen MR) is 74.4 cm³/mol. The molecular formula is C15H28N2O. The van der Waals surface area contributed by atoms with Crippen LogP contribution in [0.15, 0.2) is 0 Å². The molecule has 3 atom stereocenters. The van der Waals surface area contributed by atoms with E-state index in [0.29, 0.717) is 23.9 Å². The van der Waals surface area contributed by atoms with Gasteiger partial charge in [0.15, 0.2) is 0 Å². The van der Waals surface area contributed by atoms with Crippen molar-refractivity contribution < 1.29 is 4.79 Å². The van der Waals surface area contributed by atoms with Crippen LogP contribution in [0.3, 0.4) is 0 Å². The highest BCUT2D eigenvalue weighted by Gasteiger charge is 2.37. The Bertz CT molecular complexity index is 290. The van der Waals surface area contributed by atoms with Crippen molar-refractivity contribution >= 4 is 5.91 Å². The number of rotatable bonds is 3. The normalized spacial score (nSPS) is 34.1. The first-order valence-electron chi connectivity index (χ1n) is 7.66. The molecule has 2 fully saturated rings. The van der Waals surface area contributed by atoms with Crippen molar-refractivity contribution in [2.45, 2.75) is 77.4 Å². The minimum Gasteiger partial charge on any atom is -0.338 e. The lowest BCUT2D eigenvalue weighted by atomic mass is 9.95. The van der Waals surface area contributed by atoms with Crippen molar-refractivity contribution in [3.63, 3.8) is 0 Å². The van der Waals surface area contributed by atoms with E-state index in [1.165, 1.54) is 32.1 Å². The lowest BCUT2D eigenvalue weighted by Crippen LogP contribution is -2.46. The number of nitrogens with zero attached hydrogens (tertiary/aromatic N) is 1. The van der Waals surface area contributed by atoms with Crippen LogP contribution >= 0.6 is 0 Å². The summed E-state index contributed by atoms with van der Waals surface area (Å²) in [6.45, 7) is 7.51. The summed E-state index contributed by atoms with van der Waals surface area (Å²) >= 11 is 0. The van der Waals surface area contributed by atoms with Crippen molar-refractivity contribution in [2.24, 2.45) is 5.92 Å². The standard InChI is InChI=1S/C15H28N2O/c1-11(2)16-13-9-10-17(15(13)18)14-8-6-4-5-7-12(14)3/h11-14,16H,4-10H2,1-3H3. The number of amides is 1. The van der Waals surface area contributed by atoms with Crippen molar-refractivity contribution in [2.75, 3.05) is 6.54 Å². The zero-order valence-electron chi connectivity index (χ0n) is 12.1. The summed E-state index contributed by atoms with van der Waals surface area (Å²) in [7, 11) is 0. The monoisotopic (exact) mass is 252 g/mol. The molecule has 0 aromatic heterocycles. The third-order valence-electron chi connectivity index (χ3n) is 4.49. The molecule has 3 nitrogen and oxygen atoms in total. The molecule has 1 amide bonds. The van der Waals surface area contributed by atoms with Gasteiger partial charge >= 0.3 is 0 Å². The van der Waals surface area contributed by atoms with Gasteiger partial charge in [0.1, 0.15) is 0 Å². The van der Waals surface area contributed by atoms with Crippen LogP contribution in [-0.2, 0) is 4.79 Å². The van der Waals surface area contributed by atoms with Gasteiger partial charge in [-0.05, 0) is 25.2 Å². The summed E-state index contributed by atoms with van der Waals surface area (Å²) < 4.78 is 0. The fourth-order valence-electron chi connectivity index (χ4n) is 3.52. The maximum absolute atomic E-state index is 12.5. The van der Waals surface area contributed by atoms with E-state index in [0.717, 1.165) is 13.0 Å². The van der Waals surface area contributed by atoms with E-state index < -0.39 is 0 Å². The van der Waals surface area contributed by atoms with Crippen LogP contribution in [0.25, 0.3) is 0 Å². The van der Waals surface area contributed by atoms with E-state index >= 15 is 0 Å². The average molecular weight is 252 g/mol. The number of nitrogens with one attached hydrogen (secondary N) is 1. The Morgan fingerprint density at radius 3 is 2.61 bits per heavy atom. The Morgan fingerprint density at radius 2 is 1.89 bits per heavy atom. The third-order valence-corrected chi connectivity index (χ3v) is 4.49. The van der Waals surface area contributed by atoms with Crippen molar-refractivity contribution in [1.29, 1.82) is 0 Å². The van der Waals surface area contributed by atoms with Crippen LogP contribution < -0.4 is 5.32 Å². The van der Waals surface area contributed by atoms with Crippen LogP contribution in [-0.4, -0.2) is 35.5 Å². The molecule has 0 aromatic rings. The largest absolute Gasteiger partial charge is 0.338 e. The van der Waals surface area contributed by atoms with Gasteiger partial charge in [-0.2, -0.15) is 0 Å². The fourth-order valence-corrected chi connectivity index (χ4v) is 3.52. The average Bonchev–Trinajstić information content (AvgIpc) is 2.53. The first kappa shape index (κ1) is 13.9. The second kappa shape index (κ2) is 6.05. The highest BCUT2D eigenvalue weighted by molar-refractivity contribution is 5.84. The third kappa shape index (κ3) is 3.05. The van der Waals surface area contributed by atoms with E-state index in [1.807, 2.05) is 0 Å². The lowest BCUT2D eigenvalue weighted by Gasteiger charge is -2.32. The highest BCUT2D eigenvalue weighted by Crippen LogP contribution is 2.30. The van der Waals surface area contributed by atoms with Crippen LogP contribution in [0.2, 0.25) is 0 Å². The molecule has 18 heavy (non-hydrogen) atoms. The van der Waals surface area contributed by atoms with E-state index in [4.69, 9.17) is 0 Å². The Labute approximate surface area is 111 Å². The first-order chi connectivity index (χ1) is 8.59. The lowest BCUT2D eigenvalue weighted by molar-refractivity contribution is -0.132. The molecule has 1 heterocycles. The SMILES string of the molecule is CC(C)NC1CCN(C2CCCCCC2C)C1=O. The summed E-state index contributed by atoms with van der Waals surface area (Å²) in [6.07, 6.45) is 7.46. The van der Waals surface area contributed by atoms with Gasteiger partial charge in [-0.1, -0.05) is 40.0 Å². The fraction of sp³-hybridized carbons (Fsp3) is 0.933. The summed E-state index contributed by atoms with van der Waals surface area (Å²) in [5.74, 6) is 1.02. The molecule has 0 bridgehead atoms. The van der Waals surface area contributed by atoms with Crippen LogP contribution in [0, 0.1) is 5.92 Å². The van der Waals surface area contributed by atoms with Gasteiger partial charge in [0.25, 0.3) is 0 Å². The number of carbonyl (C=O) groups excluding carboxylic acids is 1. The second-order valence-corrected chi connectivity index (χ2v) is 6.38. The second-order valence-electron chi connectivity index (χ2n) is 6.38. The zero-order valence-corrected chi connectivity index (χ0v) is 12.1. The maximum Gasteiger partial charge on any atom is 0.240 e. The van der Waals surface area contributed by atoms with E-state index in [-0.39, 0.29) is 6.04 Å². The van der Waals surface area contributed by atoms with Crippen molar-refractivity contribution in [3.8, 4) is 0 Å². The Hall–Kier alpha value is -0.570. The summed E-state index contributed by atoms with van der Waals surface area (Å²) in [4.78, 5) is 14.6. The van der Waals surface area contributed by atoms with E-state index in [9.17, 15) is 4.79 Å². The Balaban J connectivity index is 1.98. The molecule has 104 valence electrons. The van der Waals surface area contributed by atoms with Gasteiger partial charge in [0.05, 0.1) is 6.04 Å². The number of hydrogen-bond donors (Lipinski definition) is 1. The van der Waals surface area contributed by atoms with Crippen LogP contribution in [0.1, 0.15) is 59.3 Å². The van der Waals surface area contributed by atoms with Gasteiger partial charge in [0.2, 0.25) is 5.91 Å². The van der Waals surface area contributed by atoms with Gasteiger partial charge in [-0.25, -0.2) is 0 Å². The molecule has 0 spiro atoms. The van der Waals surface area contributed by atoms with Gasteiger partial charge < -0.3 is 10.2 Å². The van der Waals surface area contributed by atoms with E-state index in [2.05, 4.69) is 31.0 Å². The minimum absolute atomic E-state index is 0.0699. The quantitative estimate of drug-likeness (QED) is 0.783. The van der Waals surface area contributed by atoms with E-state index in [1.54, 1.807) is 0 Å². The summed E-state index contributed by atoms with van der Waals surface area (Å²) in [5.41, 5.74) is 0. The maximum atomic E-state index is 12.5. The van der Waals surface area contributed by atoms with Crippen molar-refractivity contribution in [1.82, 2.24) is 10.2 Å². The Morgan fingerprint density at radius 1 is 1.17 bits per heavy atom. The number of likely N-dealkylation sites (tertiary alicyclic amines) is 1. The molecule has 0 aromatic carbocycles. The highest BCUT2D eigenvalue weighted by atomic mass is 16.2. The molecule has 1 aliphatic heterocycles. The molecule has 1 saturated carbocycles. The molecule has 1 N–H and O–H groups in total. The molecule has 2 aliphatic rings. The molecule has 3 heteroatoms. The summed E-state index contributed by atoms with van der Waals surface area (Å²) in [5, 5.41) is 3.40. The smallest absolute Gasteiger partial charge is 0.240 e. The Kier molecular flexibility index (Phi) is 4.66. The predicted octanol–water partition coefficient (Wildman–Crippen LogP) is 2.55. The van der Waals surface area contributed by atoms with Crippen LogP contribution in [0.5, 0.6) is 0 Å². The summed E-state index contributed by atoms with van der Waals surface area (Å²) in [6, 6.07) is 0.963. The van der Waals surface area contributed by atoms with Gasteiger partial charge in [0, 0.05) is 18.6 Å². The topological polar surface area (TPSA) is 32.3 Å². The molecule has 1 saturated heterocycles. The van der Waals surface area contributed by atoms with Gasteiger partial charge in [-0.15, -0.1) is 0 Å². The van der Waals surface area contributed by atoms with Crippen molar-refractivity contribution in [3.05, 3.63) is 0 Å². The molecular weight excluding hydrogens is 224 g/mol. The molecule has 1 aliphatic carbocycles. The first-order valence-corrected chi connectivity index (χ1v) is 7.66. The minimum atomic E-state index is 0.0699. The number of hydrogen-bond acceptors (Lipinski definition) is 2. The number of carbonyl (C=O) groups is 1. The molecule has 3 unspecified atom stereocenters. The molecule has 0 radical (unpaired) electrons. The molecule has 2 rings (SSSR count). The zero-order chi connectivity index (χ0) is 13.1. The van der Waals surface area contributed by atoms with Gasteiger partial charge in [-0.3, -0.25) is 4.79 Å².